The lowest BCUT2D eigenvalue weighted by molar-refractivity contribution is 0.0695. The van der Waals surface area contributed by atoms with Crippen molar-refractivity contribution in [3.63, 3.8) is 0 Å². The monoisotopic (exact) mass is 340 g/mol. The lowest BCUT2D eigenvalue weighted by atomic mass is 10.1. The number of hydrogen-bond donors (Lipinski definition) is 1. The summed E-state index contributed by atoms with van der Waals surface area (Å²) in [6.07, 6.45) is 4.22. The minimum atomic E-state index is -3.35. The molecule has 0 amide bonds. The summed E-state index contributed by atoms with van der Waals surface area (Å²) in [5, 5.41) is 13.6. The van der Waals surface area contributed by atoms with Crippen molar-refractivity contribution in [2.75, 3.05) is 6.26 Å². The van der Waals surface area contributed by atoms with Gasteiger partial charge in [0.2, 0.25) is 0 Å². The molecular weight excluding hydrogens is 328 g/mol. The summed E-state index contributed by atoms with van der Waals surface area (Å²) < 4.78 is 24.6. The number of hydrogen-bond acceptors (Lipinski definition) is 4. The third kappa shape index (κ3) is 2.62. The molecule has 3 rings (SSSR count). The molecule has 1 aliphatic carbocycles. The topological polar surface area (TPSA) is 89.3 Å². The molecule has 0 aliphatic heterocycles. The predicted octanol–water partition coefficient (Wildman–Crippen LogP) is 2.50. The molecule has 0 bridgehead atoms. The van der Waals surface area contributed by atoms with E-state index < -0.39 is 15.8 Å². The van der Waals surface area contributed by atoms with Crippen molar-refractivity contribution in [2.45, 2.75) is 23.7 Å². The van der Waals surface area contributed by atoms with Crippen LogP contribution >= 0.6 is 11.6 Å². The Morgan fingerprint density at radius 1 is 1.41 bits per heavy atom. The van der Waals surface area contributed by atoms with Crippen LogP contribution in [0.3, 0.4) is 0 Å². The van der Waals surface area contributed by atoms with Crippen molar-refractivity contribution < 1.29 is 18.3 Å². The van der Waals surface area contributed by atoms with Crippen LogP contribution in [0, 0.1) is 0 Å². The maximum atomic E-state index is 11.6. The van der Waals surface area contributed by atoms with Gasteiger partial charge < -0.3 is 5.11 Å². The van der Waals surface area contributed by atoms with Gasteiger partial charge in [-0.1, -0.05) is 11.6 Å². The van der Waals surface area contributed by atoms with Crippen LogP contribution in [0.25, 0.3) is 5.69 Å². The Bertz CT molecular complexity index is 869. The van der Waals surface area contributed by atoms with E-state index in [-0.39, 0.29) is 21.4 Å². The first-order chi connectivity index (χ1) is 10.3. The molecule has 1 aliphatic rings. The van der Waals surface area contributed by atoms with E-state index in [1.807, 2.05) is 0 Å². The van der Waals surface area contributed by atoms with Gasteiger partial charge >= 0.3 is 5.97 Å². The molecule has 1 heterocycles. The molecule has 6 nitrogen and oxygen atoms in total. The van der Waals surface area contributed by atoms with E-state index in [1.165, 1.54) is 23.0 Å². The third-order valence-corrected chi connectivity index (χ3v) is 4.99. The molecule has 0 radical (unpaired) electrons. The van der Waals surface area contributed by atoms with Gasteiger partial charge in [-0.15, -0.1) is 0 Å². The van der Waals surface area contributed by atoms with Crippen LogP contribution in [0.1, 0.15) is 34.8 Å². The van der Waals surface area contributed by atoms with E-state index in [0.717, 1.165) is 19.1 Å². The summed E-state index contributed by atoms with van der Waals surface area (Å²) >= 11 is 6.18. The molecule has 0 unspecified atom stereocenters. The molecule has 0 spiro atoms. The van der Waals surface area contributed by atoms with E-state index in [9.17, 15) is 18.3 Å². The van der Waals surface area contributed by atoms with Crippen LogP contribution in [0.15, 0.2) is 29.3 Å². The van der Waals surface area contributed by atoms with Crippen molar-refractivity contribution in [3.8, 4) is 5.69 Å². The average Bonchev–Trinajstić information content (AvgIpc) is 3.16. The number of benzene rings is 1. The van der Waals surface area contributed by atoms with E-state index >= 15 is 0 Å². The molecule has 116 valence electrons. The fraction of sp³-hybridized carbons (Fsp3) is 0.286. The number of carbonyl (C=O) groups is 1. The van der Waals surface area contributed by atoms with Crippen molar-refractivity contribution in [2.24, 2.45) is 0 Å². The van der Waals surface area contributed by atoms with Gasteiger partial charge in [-0.25, -0.2) is 17.9 Å². The van der Waals surface area contributed by atoms with E-state index in [0.29, 0.717) is 11.4 Å². The molecule has 1 saturated carbocycles. The lowest BCUT2D eigenvalue weighted by Crippen LogP contribution is -2.07. The standard InChI is InChI=1S/C14H13ClN2O4S/c1-22(20,21)9-4-5-12(11(15)6-9)17-13(8-2-3-8)10(7-16-17)14(18)19/h4-8H,2-3H2,1H3,(H,18,19). The molecule has 1 fully saturated rings. The minimum Gasteiger partial charge on any atom is -0.478 e. The molecule has 1 aromatic carbocycles. The van der Waals surface area contributed by atoms with Gasteiger partial charge in [-0.3, -0.25) is 0 Å². The largest absolute Gasteiger partial charge is 0.478 e. The summed E-state index contributed by atoms with van der Waals surface area (Å²) in [6.45, 7) is 0. The summed E-state index contributed by atoms with van der Waals surface area (Å²) in [4.78, 5) is 11.4. The highest BCUT2D eigenvalue weighted by Crippen LogP contribution is 2.43. The average molecular weight is 341 g/mol. The zero-order valence-electron chi connectivity index (χ0n) is 11.7. The summed E-state index contributed by atoms with van der Waals surface area (Å²) in [7, 11) is -3.35. The quantitative estimate of drug-likeness (QED) is 0.923. The maximum Gasteiger partial charge on any atom is 0.339 e. The van der Waals surface area contributed by atoms with E-state index in [2.05, 4.69) is 5.10 Å². The first-order valence-corrected chi connectivity index (χ1v) is 8.87. The van der Waals surface area contributed by atoms with Gasteiger partial charge in [0.1, 0.15) is 5.56 Å². The first-order valence-electron chi connectivity index (χ1n) is 6.60. The number of aromatic nitrogens is 2. The molecule has 0 atom stereocenters. The normalized spacial score (nSPS) is 15.0. The van der Waals surface area contributed by atoms with Crippen LogP contribution in [0.4, 0.5) is 0 Å². The lowest BCUT2D eigenvalue weighted by Gasteiger charge is -2.10. The number of nitrogens with zero attached hydrogens (tertiary/aromatic N) is 2. The number of carboxylic acids is 1. The van der Waals surface area contributed by atoms with Gasteiger partial charge in [0.05, 0.1) is 27.5 Å². The van der Waals surface area contributed by atoms with Gasteiger partial charge in [-0.2, -0.15) is 5.10 Å². The molecule has 1 aromatic heterocycles. The third-order valence-electron chi connectivity index (χ3n) is 3.58. The molecule has 22 heavy (non-hydrogen) atoms. The summed E-state index contributed by atoms with van der Waals surface area (Å²) in [5.74, 6) is -0.878. The van der Waals surface area contributed by atoms with Crippen LogP contribution in [0.2, 0.25) is 5.02 Å². The Hall–Kier alpha value is -1.86. The van der Waals surface area contributed by atoms with Crippen LogP contribution in [-0.4, -0.2) is 35.5 Å². The fourth-order valence-corrected chi connectivity index (χ4v) is 3.33. The second-order valence-corrected chi connectivity index (χ2v) is 7.74. The van der Waals surface area contributed by atoms with Crippen LogP contribution < -0.4 is 0 Å². The van der Waals surface area contributed by atoms with Gasteiger partial charge in [0, 0.05) is 12.2 Å². The van der Waals surface area contributed by atoms with Crippen LogP contribution in [-0.2, 0) is 9.84 Å². The zero-order valence-corrected chi connectivity index (χ0v) is 13.2. The Morgan fingerprint density at radius 2 is 2.09 bits per heavy atom. The molecule has 8 heteroatoms. The van der Waals surface area contributed by atoms with Gasteiger partial charge in [-0.05, 0) is 31.0 Å². The summed E-state index contributed by atoms with van der Waals surface area (Å²) in [6, 6.07) is 4.34. The zero-order chi connectivity index (χ0) is 16.1. The van der Waals surface area contributed by atoms with Gasteiger partial charge in [0.25, 0.3) is 0 Å². The Labute approximate surface area is 132 Å². The van der Waals surface area contributed by atoms with Gasteiger partial charge in [0.15, 0.2) is 9.84 Å². The molecule has 1 N–H and O–H groups in total. The minimum absolute atomic E-state index is 0.111. The second-order valence-electron chi connectivity index (χ2n) is 5.32. The van der Waals surface area contributed by atoms with Crippen molar-refractivity contribution in [1.82, 2.24) is 9.78 Å². The number of halogens is 1. The highest BCUT2D eigenvalue weighted by Gasteiger charge is 2.33. The number of sulfone groups is 1. The SMILES string of the molecule is CS(=O)(=O)c1ccc(-n2ncc(C(=O)O)c2C2CC2)c(Cl)c1. The Kier molecular flexibility index (Phi) is 3.49. The van der Waals surface area contributed by atoms with E-state index in [1.54, 1.807) is 6.07 Å². The Morgan fingerprint density at radius 3 is 2.59 bits per heavy atom. The highest BCUT2D eigenvalue weighted by atomic mass is 35.5. The number of rotatable bonds is 4. The highest BCUT2D eigenvalue weighted by molar-refractivity contribution is 7.90. The predicted molar refractivity (Wildman–Crippen MR) is 80.6 cm³/mol. The maximum absolute atomic E-state index is 11.6. The molecular formula is C14H13ClN2O4S. The Balaban J connectivity index is 2.14. The number of aromatic carboxylic acids is 1. The fourth-order valence-electron chi connectivity index (χ4n) is 2.35. The van der Waals surface area contributed by atoms with E-state index in [4.69, 9.17) is 11.6 Å². The smallest absolute Gasteiger partial charge is 0.339 e. The van der Waals surface area contributed by atoms with Crippen molar-refractivity contribution in [1.29, 1.82) is 0 Å². The molecule has 0 saturated heterocycles. The second kappa shape index (κ2) is 5.10. The molecule has 2 aromatic rings. The van der Waals surface area contributed by atoms with Crippen LogP contribution in [0.5, 0.6) is 0 Å². The van der Waals surface area contributed by atoms with Crippen molar-refractivity contribution in [3.05, 3.63) is 40.7 Å². The van der Waals surface area contributed by atoms with Crippen molar-refractivity contribution >= 4 is 27.4 Å². The number of carboxylic acid groups (broad SMARTS) is 1. The first kappa shape index (κ1) is 15.1. The summed E-state index contributed by atoms with van der Waals surface area (Å²) in [5.41, 5.74) is 1.25.